The summed E-state index contributed by atoms with van der Waals surface area (Å²) in [6.07, 6.45) is 13.4. The third kappa shape index (κ3) is 19.2. The molecule has 0 rings (SSSR count). The zero-order valence-electron chi connectivity index (χ0n) is 18.3. The van der Waals surface area contributed by atoms with Crippen molar-refractivity contribution in [3.05, 3.63) is 34.9 Å². The first-order chi connectivity index (χ1) is 13.3. The van der Waals surface area contributed by atoms with Gasteiger partial charge in [0.05, 0.1) is 6.61 Å². The molecule has 1 unspecified atom stereocenters. The van der Waals surface area contributed by atoms with E-state index in [-0.39, 0.29) is 12.5 Å². The van der Waals surface area contributed by atoms with Crippen LogP contribution in [0.15, 0.2) is 34.9 Å². The molecule has 9 heteroatoms. The molecule has 7 nitrogen and oxygen atoms in total. The van der Waals surface area contributed by atoms with E-state index in [1.54, 1.807) is 0 Å². The average molecular weight is 452 g/mol. The van der Waals surface area contributed by atoms with E-state index in [2.05, 4.69) is 54.8 Å². The van der Waals surface area contributed by atoms with E-state index in [0.717, 1.165) is 38.5 Å². The van der Waals surface area contributed by atoms with Crippen molar-refractivity contribution in [1.29, 1.82) is 0 Å². The molecule has 0 aliphatic rings. The summed E-state index contributed by atoms with van der Waals surface area (Å²) in [5.74, 6) is 0.242. The molecule has 0 saturated carbocycles. The Morgan fingerprint density at radius 3 is 1.90 bits per heavy atom. The molecular weight excluding hydrogens is 414 g/mol. The van der Waals surface area contributed by atoms with Crippen LogP contribution in [0.2, 0.25) is 0 Å². The van der Waals surface area contributed by atoms with Crippen molar-refractivity contribution < 1.29 is 32.6 Å². The van der Waals surface area contributed by atoms with Gasteiger partial charge in [-0.1, -0.05) is 41.9 Å². The van der Waals surface area contributed by atoms with Crippen LogP contribution in [0.25, 0.3) is 0 Å². The Bertz CT molecular complexity index is 658. The lowest BCUT2D eigenvalue weighted by Gasteiger charge is -2.14. The van der Waals surface area contributed by atoms with Crippen molar-refractivity contribution in [3.63, 3.8) is 0 Å². The Morgan fingerprint density at radius 2 is 1.38 bits per heavy atom. The topological polar surface area (TPSA) is 113 Å². The summed E-state index contributed by atoms with van der Waals surface area (Å²) in [6, 6.07) is 0. The summed E-state index contributed by atoms with van der Waals surface area (Å²) >= 11 is 0. The number of phosphoric ester groups is 1. The Morgan fingerprint density at radius 1 is 0.862 bits per heavy atom. The van der Waals surface area contributed by atoms with E-state index >= 15 is 0 Å². The maximum atomic E-state index is 11.4. The normalized spacial score (nSPS) is 16.4. The van der Waals surface area contributed by atoms with Gasteiger partial charge in [-0.15, -0.1) is 0 Å². The second kappa shape index (κ2) is 14.5. The molecule has 29 heavy (non-hydrogen) atoms. The van der Waals surface area contributed by atoms with Gasteiger partial charge in [0, 0.05) is 0 Å². The number of hydrogen-bond acceptors (Lipinski definition) is 4. The predicted molar refractivity (Wildman–Crippen MR) is 117 cm³/mol. The summed E-state index contributed by atoms with van der Waals surface area (Å²) in [6.45, 7) is 10.4. The van der Waals surface area contributed by atoms with E-state index in [1.165, 1.54) is 16.7 Å². The third-order valence-electron chi connectivity index (χ3n) is 4.35. The largest absolute Gasteiger partial charge is 0.481 e. The number of rotatable bonds is 15. The number of phosphoric acid groups is 2. The highest BCUT2D eigenvalue weighted by atomic mass is 31.3. The highest BCUT2D eigenvalue weighted by Crippen LogP contribution is 2.57. The molecule has 0 aromatic rings. The lowest BCUT2D eigenvalue weighted by molar-refractivity contribution is 0.170. The van der Waals surface area contributed by atoms with Crippen LogP contribution < -0.4 is 0 Å². The molecule has 0 aromatic heterocycles. The average Bonchev–Trinajstić information content (AvgIpc) is 2.51. The SMILES string of the molecule is CC(C)=CCC/C(C)=C\CC/C(C)=C/CC[C@@H](C)CCOP(=O)(O)OP(=O)(O)O. The molecular formula is C20H38O7P2. The summed E-state index contributed by atoms with van der Waals surface area (Å²) in [4.78, 5) is 26.3. The fourth-order valence-electron chi connectivity index (χ4n) is 2.62. The lowest BCUT2D eigenvalue weighted by Crippen LogP contribution is -2.02. The second-order valence-electron chi connectivity index (χ2n) is 7.80. The van der Waals surface area contributed by atoms with Crippen molar-refractivity contribution in [2.75, 3.05) is 6.61 Å². The van der Waals surface area contributed by atoms with E-state index in [4.69, 9.17) is 9.79 Å². The highest BCUT2D eigenvalue weighted by molar-refractivity contribution is 7.60. The molecule has 0 radical (unpaired) electrons. The maximum Gasteiger partial charge on any atom is 0.481 e. The number of allylic oxidation sites excluding steroid dienone is 6. The van der Waals surface area contributed by atoms with Gasteiger partial charge in [0.1, 0.15) is 0 Å². The monoisotopic (exact) mass is 452 g/mol. The molecule has 0 aliphatic carbocycles. The van der Waals surface area contributed by atoms with Crippen LogP contribution in [0.3, 0.4) is 0 Å². The first-order valence-corrected chi connectivity index (χ1v) is 13.0. The van der Waals surface area contributed by atoms with Crippen molar-refractivity contribution in [1.82, 2.24) is 0 Å². The van der Waals surface area contributed by atoms with E-state index < -0.39 is 15.6 Å². The van der Waals surface area contributed by atoms with Crippen molar-refractivity contribution in [3.8, 4) is 0 Å². The molecule has 0 saturated heterocycles. The van der Waals surface area contributed by atoms with Crippen molar-refractivity contribution in [2.24, 2.45) is 5.92 Å². The zero-order chi connectivity index (χ0) is 22.5. The van der Waals surface area contributed by atoms with Gasteiger partial charge >= 0.3 is 15.6 Å². The maximum absolute atomic E-state index is 11.4. The van der Waals surface area contributed by atoms with Gasteiger partial charge < -0.3 is 14.7 Å². The Kier molecular flexibility index (Phi) is 14.2. The fraction of sp³-hybridized carbons (Fsp3) is 0.700. The summed E-state index contributed by atoms with van der Waals surface area (Å²) < 4.78 is 30.3. The summed E-state index contributed by atoms with van der Waals surface area (Å²) in [5, 5.41) is 0. The van der Waals surface area contributed by atoms with Crippen LogP contribution in [-0.4, -0.2) is 21.3 Å². The van der Waals surface area contributed by atoms with E-state index in [9.17, 15) is 14.0 Å². The van der Waals surface area contributed by atoms with Gasteiger partial charge in [-0.2, -0.15) is 4.31 Å². The van der Waals surface area contributed by atoms with Crippen LogP contribution in [0, 0.1) is 5.92 Å². The minimum absolute atomic E-state index is 0.103. The smallest absolute Gasteiger partial charge is 0.302 e. The molecule has 2 atom stereocenters. The van der Waals surface area contributed by atoms with Crippen LogP contribution >= 0.6 is 15.6 Å². The number of hydrogen-bond donors (Lipinski definition) is 3. The molecule has 0 heterocycles. The Balaban J connectivity index is 4.05. The van der Waals surface area contributed by atoms with Crippen LogP contribution in [0.5, 0.6) is 0 Å². The Hall–Kier alpha value is -0.520. The molecule has 0 amide bonds. The van der Waals surface area contributed by atoms with Crippen LogP contribution in [0.1, 0.15) is 79.6 Å². The highest BCUT2D eigenvalue weighted by Gasteiger charge is 2.32. The minimum Gasteiger partial charge on any atom is -0.302 e. The van der Waals surface area contributed by atoms with Gasteiger partial charge in [0.15, 0.2) is 0 Å². The van der Waals surface area contributed by atoms with Crippen LogP contribution in [-0.2, 0) is 18.0 Å². The molecule has 0 bridgehead atoms. The minimum atomic E-state index is -5.06. The van der Waals surface area contributed by atoms with Gasteiger partial charge in [0.25, 0.3) is 0 Å². The third-order valence-corrected chi connectivity index (χ3v) is 6.53. The summed E-state index contributed by atoms with van der Waals surface area (Å²) in [5.41, 5.74) is 4.13. The molecule has 170 valence electrons. The summed E-state index contributed by atoms with van der Waals surface area (Å²) in [7, 11) is -9.79. The lowest BCUT2D eigenvalue weighted by atomic mass is 10.0. The van der Waals surface area contributed by atoms with Crippen molar-refractivity contribution in [2.45, 2.75) is 79.6 Å². The first-order valence-electron chi connectivity index (χ1n) is 9.99. The van der Waals surface area contributed by atoms with Gasteiger partial charge in [-0.3, -0.25) is 4.52 Å². The first kappa shape index (κ1) is 28.5. The zero-order valence-corrected chi connectivity index (χ0v) is 20.1. The van der Waals surface area contributed by atoms with E-state index in [0.29, 0.717) is 6.42 Å². The van der Waals surface area contributed by atoms with Crippen LogP contribution in [0.4, 0.5) is 0 Å². The fourth-order valence-corrected chi connectivity index (χ4v) is 4.22. The Labute approximate surface area is 175 Å². The quantitative estimate of drug-likeness (QED) is 0.194. The molecule has 0 aromatic carbocycles. The molecule has 0 aliphatic heterocycles. The molecule has 0 fully saturated rings. The second-order valence-corrected chi connectivity index (χ2v) is 10.6. The van der Waals surface area contributed by atoms with Gasteiger partial charge in [-0.05, 0) is 78.6 Å². The standard InChI is InChI=1S/C20H38O7P2/c1-17(2)9-6-10-18(3)11-7-12-19(4)13-8-14-20(5)15-16-26-29(24,25)27-28(21,22)23/h9,11,13,20H,6-8,10,12,14-16H2,1-5H3,(H,24,25)(H2,21,22,23)/b18-11-,19-13+/t20-/m1/s1. The predicted octanol–water partition coefficient (Wildman–Crippen LogP) is 6.44. The van der Waals surface area contributed by atoms with Gasteiger partial charge in [-0.25, -0.2) is 9.13 Å². The van der Waals surface area contributed by atoms with Crippen molar-refractivity contribution >= 4 is 15.6 Å². The molecule has 0 spiro atoms. The van der Waals surface area contributed by atoms with Gasteiger partial charge in [0.2, 0.25) is 0 Å². The molecule has 3 N–H and O–H groups in total. The van der Waals surface area contributed by atoms with E-state index in [1.807, 2.05) is 6.92 Å².